The van der Waals surface area contributed by atoms with Gasteiger partial charge in [0.1, 0.15) is 12.7 Å². The molecule has 7 nitrogen and oxygen atoms in total. The molecule has 0 bridgehead atoms. The Kier molecular flexibility index (Phi) is 4.01. The minimum absolute atomic E-state index is 0.0509. The van der Waals surface area contributed by atoms with Crippen molar-refractivity contribution in [1.82, 2.24) is 0 Å². The molecule has 0 amide bonds. The maximum atomic E-state index is 11.1. The smallest absolute Gasteiger partial charge is 0.332 e. The van der Waals surface area contributed by atoms with E-state index in [9.17, 15) is 14.4 Å². The summed E-state index contributed by atoms with van der Waals surface area (Å²) in [6.07, 6.45) is -0.187. The van der Waals surface area contributed by atoms with Gasteiger partial charge in [0, 0.05) is 6.08 Å². The number of carboxylic acid groups (broad SMARTS) is 2. The Labute approximate surface area is 90.3 Å². The molecule has 1 saturated heterocycles. The summed E-state index contributed by atoms with van der Waals surface area (Å²) < 4.78 is 9.40. The number of carbonyl (C=O) groups is 3. The second-order valence-corrected chi connectivity index (χ2v) is 3.13. The maximum absolute atomic E-state index is 11.1. The van der Waals surface area contributed by atoms with Crippen LogP contribution in [0.25, 0.3) is 0 Å². The first kappa shape index (κ1) is 12.2. The molecule has 1 atom stereocenters. The molecule has 1 unspecified atom stereocenters. The van der Waals surface area contributed by atoms with Crippen LogP contribution in [0, 0.1) is 0 Å². The molecule has 0 radical (unpaired) electrons. The van der Waals surface area contributed by atoms with Crippen LogP contribution >= 0.6 is 0 Å². The highest BCUT2D eigenvalue weighted by Gasteiger charge is 2.24. The van der Waals surface area contributed by atoms with Crippen LogP contribution in [0.15, 0.2) is 11.6 Å². The van der Waals surface area contributed by atoms with Crippen molar-refractivity contribution in [2.75, 3.05) is 13.2 Å². The molecule has 1 rings (SSSR count). The standard InChI is InChI=1S/C9H10O7/c10-7(11)1-5(9(13)14)2-8(12)16-4-6-3-15-6/h2,6H,1,3-4H2,(H,10,11)(H,13,14). The number of esters is 1. The molecular formula is C9H10O7. The molecule has 1 aliphatic rings. The summed E-state index contributed by atoms with van der Waals surface area (Å²) in [5.41, 5.74) is -0.519. The molecule has 0 saturated carbocycles. The molecule has 16 heavy (non-hydrogen) atoms. The third-order valence-corrected chi connectivity index (χ3v) is 1.72. The van der Waals surface area contributed by atoms with Gasteiger partial charge in [0.25, 0.3) is 0 Å². The van der Waals surface area contributed by atoms with E-state index in [1.807, 2.05) is 0 Å². The Morgan fingerprint density at radius 2 is 2.00 bits per heavy atom. The van der Waals surface area contributed by atoms with E-state index >= 15 is 0 Å². The molecule has 2 N–H and O–H groups in total. The van der Waals surface area contributed by atoms with Gasteiger partial charge < -0.3 is 19.7 Å². The lowest BCUT2D eigenvalue weighted by Crippen LogP contribution is -2.12. The normalized spacial score (nSPS) is 19.0. The number of rotatable bonds is 6. The van der Waals surface area contributed by atoms with Crippen LogP contribution in [-0.4, -0.2) is 47.4 Å². The minimum Gasteiger partial charge on any atom is -0.481 e. The third kappa shape index (κ3) is 4.56. The van der Waals surface area contributed by atoms with Gasteiger partial charge in [0.05, 0.1) is 18.6 Å². The van der Waals surface area contributed by atoms with Crippen LogP contribution in [-0.2, 0) is 23.9 Å². The fourth-order valence-electron chi connectivity index (χ4n) is 0.875. The van der Waals surface area contributed by atoms with Crippen molar-refractivity contribution in [3.05, 3.63) is 11.6 Å². The van der Waals surface area contributed by atoms with Crippen LogP contribution in [0.1, 0.15) is 6.42 Å². The van der Waals surface area contributed by atoms with Gasteiger partial charge in [0.2, 0.25) is 0 Å². The zero-order valence-electron chi connectivity index (χ0n) is 8.21. The summed E-state index contributed by atoms with van der Waals surface area (Å²) in [5.74, 6) is -3.66. The second kappa shape index (κ2) is 5.26. The van der Waals surface area contributed by atoms with Crippen LogP contribution in [0.2, 0.25) is 0 Å². The maximum Gasteiger partial charge on any atom is 0.332 e. The number of carboxylic acids is 2. The first-order valence-electron chi connectivity index (χ1n) is 4.43. The molecule has 0 aliphatic carbocycles. The predicted octanol–water partition coefficient (Wildman–Crippen LogP) is -0.586. The van der Waals surface area contributed by atoms with E-state index in [4.69, 9.17) is 14.9 Å². The Morgan fingerprint density at radius 3 is 2.44 bits per heavy atom. The summed E-state index contributed by atoms with van der Waals surface area (Å²) >= 11 is 0. The van der Waals surface area contributed by atoms with E-state index in [0.717, 1.165) is 0 Å². The van der Waals surface area contributed by atoms with Crippen molar-refractivity contribution >= 4 is 17.9 Å². The van der Waals surface area contributed by atoms with Crippen LogP contribution in [0.3, 0.4) is 0 Å². The minimum atomic E-state index is -1.46. The van der Waals surface area contributed by atoms with Gasteiger partial charge in [-0.05, 0) is 0 Å². The van der Waals surface area contributed by atoms with Gasteiger partial charge in [-0.2, -0.15) is 0 Å². The Morgan fingerprint density at radius 1 is 1.38 bits per heavy atom. The zero-order chi connectivity index (χ0) is 12.1. The molecule has 1 fully saturated rings. The zero-order valence-corrected chi connectivity index (χ0v) is 8.21. The molecule has 7 heteroatoms. The van der Waals surface area contributed by atoms with Gasteiger partial charge in [-0.1, -0.05) is 0 Å². The molecule has 88 valence electrons. The number of carbonyl (C=O) groups excluding carboxylic acids is 1. The molecule has 0 aromatic heterocycles. The van der Waals surface area contributed by atoms with Gasteiger partial charge in [0.15, 0.2) is 0 Å². The van der Waals surface area contributed by atoms with Crippen molar-refractivity contribution in [1.29, 1.82) is 0 Å². The lowest BCUT2D eigenvalue weighted by Gasteiger charge is -2.00. The average molecular weight is 230 g/mol. The summed E-state index contributed by atoms with van der Waals surface area (Å²) in [7, 11) is 0. The highest BCUT2D eigenvalue weighted by Crippen LogP contribution is 2.09. The van der Waals surface area contributed by atoms with Crippen molar-refractivity contribution in [2.45, 2.75) is 12.5 Å². The predicted molar refractivity (Wildman–Crippen MR) is 48.7 cm³/mol. The quantitative estimate of drug-likeness (QED) is 0.356. The number of epoxide rings is 1. The molecular weight excluding hydrogens is 220 g/mol. The van der Waals surface area contributed by atoms with E-state index in [2.05, 4.69) is 4.74 Å². The lowest BCUT2D eigenvalue weighted by molar-refractivity contribution is -0.140. The van der Waals surface area contributed by atoms with E-state index < -0.39 is 29.9 Å². The molecule has 0 aromatic rings. The van der Waals surface area contributed by atoms with Crippen LogP contribution < -0.4 is 0 Å². The highest BCUT2D eigenvalue weighted by atomic mass is 16.6. The average Bonchev–Trinajstić information content (AvgIpc) is 2.96. The summed E-state index contributed by atoms with van der Waals surface area (Å²) in [5, 5.41) is 17.0. The third-order valence-electron chi connectivity index (χ3n) is 1.72. The largest absolute Gasteiger partial charge is 0.481 e. The second-order valence-electron chi connectivity index (χ2n) is 3.13. The monoisotopic (exact) mass is 230 g/mol. The van der Waals surface area contributed by atoms with E-state index in [0.29, 0.717) is 12.7 Å². The van der Waals surface area contributed by atoms with E-state index in [1.54, 1.807) is 0 Å². The van der Waals surface area contributed by atoms with Gasteiger partial charge in [-0.25, -0.2) is 9.59 Å². The summed E-state index contributed by atoms with van der Waals surface area (Å²) in [6.45, 7) is 0.563. The van der Waals surface area contributed by atoms with Gasteiger partial charge >= 0.3 is 17.9 Å². The first-order valence-corrected chi connectivity index (χ1v) is 4.43. The van der Waals surface area contributed by atoms with Crippen molar-refractivity contribution < 1.29 is 34.1 Å². The van der Waals surface area contributed by atoms with Gasteiger partial charge in [-0.15, -0.1) is 0 Å². The summed E-state index contributed by atoms with van der Waals surface area (Å²) in [4.78, 5) is 31.9. The Balaban J connectivity index is 2.49. The SMILES string of the molecule is O=C(O)CC(=CC(=O)OCC1CO1)C(=O)O. The molecule has 0 spiro atoms. The number of ether oxygens (including phenoxy) is 2. The van der Waals surface area contributed by atoms with Crippen molar-refractivity contribution in [3.8, 4) is 0 Å². The Bertz CT molecular complexity index is 340. The first-order chi connectivity index (χ1) is 7.49. The van der Waals surface area contributed by atoms with Gasteiger partial charge in [-0.3, -0.25) is 4.79 Å². The molecule has 1 heterocycles. The van der Waals surface area contributed by atoms with Crippen molar-refractivity contribution in [2.24, 2.45) is 0 Å². The number of hydrogen-bond donors (Lipinski definition) is 2. The van der Waals surface area contributed by atoms with Crippen molar-refractivity contribution in [3.63, 3.8) is 0 Å². The Hall–Kier alpha value is -1.89. The fraction of sp³-hybridized carbons (Fsp3) is 0.444. The van der Waals surface area contributed by atoms with Crippen LogP contribution in [0.4, 0.5) is 0 Å². The molecule has 1 aliphatic heterocycles. The molecule has 0 aromatic carbocycles. The number of hydrogen-bond acceptors (Lipinski definition) is 5. The van der Waals surface area contributed by atoms with E-state index in [1.165, 1.54) is 0 Å². The fourth-order valence-corrected chi connectivity index (χ4v) is 0.875. The number of aliphatic carboxylic acids is 2. The summed E-state index contributed by atoms with van der Waals surface area (Å²) in [6, 6.07) is 0. The lowest BCUT2D eigenvalue weighted by atomic mass is 10.2. The van der Waals surface area contributed by atoms with E-state index in [-0.39, 0.29) is 12.7 Å². The topological polar surface area (TPSA) is 113 Å². The van der Waals surface area contributed by atoms with Crippen LogP contribution in [0.5, 0.6) is 0 Å². The highest BCUT2D eigenvalue weighted by molar-refractivity contribution is 5.98.